The van der Waals surface area contributed by atoms with E-state index in [0.29, 0.717) is 37.9 Å². The van der Waals surface area contributed by atoms with Crippen molar-refractivity contribution < 1.29 is 14.0 Å². The lowest BCUT2D eigenvalue weighted by molar-refractivity contribution is -0.140. The Balaban J connectivity index is 0.00000256. The first-order chi connectivity index (χ1) is 14.0. The predicted octanol–water partition coefficient (Wildman–Crippen LogP) is 2.16. The van der Waals surface area contributed by atoms with Gasteiger partial charge in [0, 0.05) is 19.6 Å². The van der Waals surface area contributed by atoms with Gasteiger partial charge in [-0.05, 0) is 45.4 Å². The van der Waals surface area contributed by atoms with E-state index in [2.05, 4.69) is 32.8 Å². The molecule has 8 nitrogen and oxygen atoms in total. The highest BCUT2D eigenvalue weighted by Gasteiger charge is 2.58. The highest BCUT2D eigenvalue weighted by Crippen LogP contribution is 2.52. The van der Waals surface area contributed by atoms with E-state index < -0.39 is 0 Å². The molecular formula is C21H30IN5O3. The Morgan fingerprint density at radius 3 is 2.43 bits per heavy atom. The first-order valence-electron chi connectivity index (χ1n) is 10.5. The average molecular weight is 527 g/mol. The van der Waals surface area contributed by atoms with Crippen molar-refractivity contribution in [1.82, 2.24) is 20.5 Å². The molecule has 0 aromatic carbocycles. The van der Waals surface area contributed by atoms with Crippen LogP contribution in [0.1, 0.15) is 37.1 Å². The summed E-state index contributed by atoms with van der Waals surface area (Å²) in [6.07, 6.45) is 5.89. The number of oxazole rings is 1. The first-order valence-corrected chi connectivity index (χ1v) is 10.5. The molecule has 2 N–H and O–H groups in total. The molecule has 2 fully saturated rings. The van der Waals surface area contributed by atoms with Crippen molar-refractivity contribution in [1.29, 1.82) is 0 Å². The van der Waals surface area contributed by atoms with Crippen LogP contribution in [-0.2, 0) is 16.1 Å². The maximum absolute atomic E-state index is 12.7. The van der Waals surface area contributed by atoms with E-state index in [0.717, 1.165) is 24.4 Å². The number of likely N-dealkylation sites (tertiary alicyclic amines) is 1. The number of allylic oxidation sites excluding steroid dienone is 2. The van der Waals surface area contributed by atoms with E-state index in [1.807, 2.05) is 20.8 Å². The van der Waals surface area contributed by atoms with Crippen molar-refractivity contribution in [2.75, 3.05) is 19.6 Å². The zero-order valence-corrected chi connectivity index (χ0v) is 20.0. The number of nitrogens with zero attached hydrogens (tertiary/aromatic N) is 3. The van der Waals surface area contributed by atoms with E-state index >= 15 is 0 Å². The fourth-order valence-electron chi connectivity index (χ4n) is 4.72. The second-order valence-electron chi connectivity index (χ2n) is 8.05. The van der Waals surface area contributed by atoms with Crippen LogP contribution in [0.4, 0.5) is 0 Å². The first kappa shape index (κ1) is 22.8. The van der Waals surface area contributed by atoms with Gasteiger partial charge in [0.25, 0.3) is 0 Å². The van der Waals surface area contributed by atoms with Crippen LogP contribution in [0.25, 0.3) is 0 Å². The molecule has 2 amide bonds. The number of halogens is 1. The number of fused-ring (bicyclic) bond motifs is 5. The Morgan fingerprint density at radius 1 is 1.20 bits per heavy atom. The normalized spacial score (nSPS) is 26.9. The summed E-state index contributed by atoms with van der Waals surface area (Å²) in [5.41, 5.74) is 0.876. The Kier molecular flexibility index (Phi) is 7.20. The lowest BCUT2D eigenvalue weighted by Gasteiger charge is -2.17. The third kappa shape index (κ3) is 4.26. The van der Waals surface area contributed by atoms with Crippen LogP contribution in [0.5, 0.6) is 0 Å². The van der Waals surface area contributed by atoms with Crippen LogP contribution < -0.4 is 10.6 Å². The minimum atomic E-state index is -0.114. The van der Waals surface area contributed by atoms with Crippen LogP contribution in [0.3, 0.4) is 0 Å². The summed E-state index contributed by atoms with van der Waals surface area (Å²) in [6.45, 7) is 7.95. The van der Waals surface area contributed by atoms with Gasteiger partial charge in [-0.15, -0.1) is 24.0 Å². The van der Waals surface area contributed by atoms with Gasteiger partial charge in [-0.3, -0.25) is 14.5 Å². The standard InChI is InChI=1S/C21H29N5O3.HI/c1-4-22-21(24-11-16-25-12(2)13(3)29-16)23-8-5-9-26-19(27)17-14-6-7-15(10-14)18(17)20(26)28;/h6-7,14-15,17-18H,4-5,8-11H2,1-3H3,(H2,22,23,24);1H. The van der Waals surface area contributed by atoms with E-state index in [4.69, 9.17) is 4.42 Å². The van der Waals surface area contributed by atoms with E-state index in [9.17, 15) is 9.59 Å². The van der Waals surface area contributed by atoms with Gasteiger partial charge in [0.15, 0.2) is 5.96 Å². The van der Waals surface area contributed by atoms with Crippen molar-refractivity contribution in [2.45, 2.75) is 40.2 Å². The molecule has 30 heavy (non-hydrogen) atoms. The summed E-state index contributed by atoms with van der Waals surface area (Å²) >= 11 is 0. The molecule has 1 saturated heterocycles. The molecule has 3 aliphatic rings. The fourth-order valence-corrected chi connectivity index (χ4v) is 4.72. The van der Waals surface area contributed by atoms with Gasteiger partial charge in [0.1, 0.15) is 12.3 Å². The zero-order chi connectivity index (χ0) is 20.5. The predicted molar refractivity (Wildman–Crippen MR) is 123 cm³/mol. The number of carbonyl (C=O) groups excluding carboxylic acids is 2. The Labute approximate surface area is 194 Å². The van der Waals surface area contributed by atoms with Crippen molar-refractivity contribution in [3.05, 3.63) is 29.5 Å². The Morgan fingerprint density at radius 2 is 1.87 bits per heavy atom. The summed E-state index contributed by atoms with van der Waals surface area (Å²) < 4.78 is 5.56. The molecule has 4 rings (SSSR count). The van der Waals surface area contributed by atoms with Crippen molar-refractivity contribution in [3.8, 4) is 0 Å². The molecule has 4 atom stereocenters. The maximum atomic E-state index is 12.7. The highest BCUT2D eigenvalue weighted by atomic mass is 127. The summed E-state index contributed by atoms with van der Waals surface area (Å²) in [5.74, 6) is 2.40. The lowest BCUT2D eigenvalue weighted by atomic mass is 9.85. The van der Waals surface area contributed by atoms with Gasteiger partial charge >= 0.3 is 0 Å². The number of amides is 2. The molecule has 1 aliphatic heterocycles. The smallest absolute Gasteiger partial charge is 0.233 e. The minimum Gasteiger partial charge on any atom is -0.444 e. The second kappa shape index (κ2) is 9.49. The largest absolute Gasteiger partial charge is 0.444 e. The van der Waals surface area contributed by atoms with Crippen molar-refractivity contribution in [3.63, 3.8) is 0 Å². The van der Waals surface area contributed by atoms with Crippen LogP contribution in [0.15, 0.2) is 21.6 Å². The number of aromatic nitrogens is 1. The number of hydrogen-bond acceptors (Lipinski definition) is 5. The molecular weight excluding hydrogens is 497 g/mol. The van der Waals surface area contributed by atoms with Crippen LogP contribution in [0.2, 0.25) is 0 Å². The Hall–Kier alpha value is -1.91. The number of nitrogens with one attached hydrogen (secondary N) is 2. The maximum Gasteiger partial charge on any atom is 0.233 e. The topological polar surface area (TPSA) is 99.8 Å². The number of carbonyl (C=O) groups is 2. The third-order valence-electron chi connectivity index (χ3n) is 6.20. The number of rotatable bonds is 7. The quantitative estimate of drug-likeness (QED) is 0.141. The minimum absolute atomic E-state index is 0. The molecule has 9 heteroatoms. The van der Waals surface area contributed by atoms with Gasteiger partial charge in [0.2, 0.25) is 17.7 Å². The van der Waals surface area contributed by atoms with Gasteiger partial charge in [-0.1, -0.05) is 12.2 Å². The van der Waals surface area contributed by atoms with Gasteiger partial charge < -0.3 is 15.1 Å². The summed E-state index contributed by atoms with van der Waals surface area (Å²) in [6, 6.07) is 0. The van der Waals surface area contributed by atoms with Gasteiger partial charge in [0.05, 0.1) is 17.5 Å². The van der Waals surface area contributed by atoms with E-state index in [1.165, 1.54) is 4.90 Å². The molecule has 1 aromatic rings. The monoisotopic (exact) mass is 527 g/mol. The molecule has 1 aromatic heterocycles. The van der Waals surface area contributed by atoms with Crippen molar-refractivity contribution >= 4 is 41.8 Å². The Bertz CT molecular complexity index is 815. The summed E-state index contributed by atoms with van der Waals surface area (Å²) in [5, 5.41) is 6.44. The van der Waals surface area contributed by atoms with Crippen LogP contribution >= 0.6 is 24.0 Å². The summed E-state index contributed by atoms with van der Waals surface area (Å²) in [7, 11) is 0. The fraction of sp³-hybridized carbons (Fsp3) is 0.619. The number of hydrogen-bond donors (Lipinski definition) is 2. The molecule has 1 saturated carbocycles. The SMILES string of the molecule is CCNC(=NCc1nc(C)c(C)o1)NCCCN1C(=O)C2C3C=CC(C3)C2C1=O.I. The van der Waals surface area contributed by atoms with Crippen LogP contribution in [-0.4, -0.2) is 47.3 Å². The van der Waals surface area contributed by atoms with E-state index in [-0.39, 0.29) is 59.5 Å². The van der Waals surface area contributed by atoms with E-state index in [1.54, 1.807) is 0 Å². The molecule has 4 unspecified atom stereocenters. The molecule has 164 valence electrons. The summed E-state index contributed by atoms with van der Waals surface area (Å²) in [4.78, 5) is 35.7. The molecule has 0 radical (unpaired) electrons. The highest BCUT2D eigenvalue weighted by molar-refractivity contribution is 14.0. The van der Waals surface area contributed by atoms with Crippen molar-refractivity contribution in [2.24, 2.45) is 28.7 Å². The van der Waals surface area contributed by atoms with Gasteiger partial charge in [-0.25, -0.2) is 9.98 Å². The lowest BCUT2D eigenvalue weighted by Crippen LogP contribution is -2.40. The molecule has 2 aliphatic carbocycles. The number of imide groups is 1. The molecule has 2 bridgehead atoms. The number of aliphatic imine (C=N–C) groups is 1. The third-order valence-corrected chi connectivity index (χ3v) is 6.20. The number of aryl methyl sites for hydroxylation is 2. The molecule has 2 heterocycles. The average Bonchev–Trinajstić information content (AvgIpc) is 3.44. The number of guanidine groups is 1. The molecule has 0 spiro atoms. The van der Waals surface area contributed by atoms with Crippen LogP contribution in [0, 0.1) is 37.5 Å². The second-order valence-corrected chi connectivity index (χ2v) is 8.05. The van der Waals surface area contributed by atoms with Gasteiger partial charge in [-0.2, -0.15) is 0 Å². The zero-order valence-electron chi connectivity index (χ0n) is 17.7.